The van der Waals surface area contributed by atoms with Gasteiger partial charge in [-0.15, -0.1) is 0 Å². The number of hydrogen-bond donors (Lipinski definition) is 1. The highest BCUT2D eigenvalue weighted by Gasteiger charge is 2.32. The summed E-state index contributed by atoms with van der Waals surface area (Å²) in [5.41, 5.74) is -0.243. The highest BCUT2D eigenvalue weighted by Crippen LogP contribution is 2.35. The van der Waals surface area contributed by atoms with Crippen LogP contribution in [0.3, 0.4) is 0 Å². The van der Waals surface area contributed by atoms with E-state index in [-0.39, 0.29) is 19.1 Å². The summed E-state index contributed by atoms with van der Waals surface area (Å²) in [7, 11) is 2.68. The summed E-state index contributed by atoms with van der Waals surface area (Å²) in [6, 6.07) is 5.12. The average Bonchev–Trinajstić information content (AvgIpc) is 3.21. The molecule has 1 aliphatic carbocycles. The van der Waals surface area contributed by atoms with E-state index in [1.807, 2.05) is 0 Å². The van der Waals surface area contributed by atoms with E-state index >= 15 is 0 Å². The number of methoxy groups -OCH3 is 2. The molecule has 2 rings (SSSR count). The third kappa shape index (κ3) is 7.32. The first-order chi connectivity index (χ1) is 15.0. The Morgan fingerprint density at radius 1 is 1.09 bits per heavy atom. The Balaban J connectivity index is 2.35. The molecular weight excluding hydrogens is 418 g/mol. The van der Waals surface area contributed by atoms with E-state index in [1.54, 1.807) is 39.0 Å². The molecule has 0 heterocycles. The standard InChI is InChI=1S/C23H33NO8/c1-23(2,3)32-22(28)24(21(27)30-5)14-16(13-20(25)26)15-10-11-18(29-4)19(12-15)31-17-8-6-7-9-17/h10-12,16-17H,6-9,13-14H2,1-5H3,(H,25,26). The van der Waals surface area contributed by atoms with Crippen LogP contribution in [0.2, 0.25) is 0 Å². The van der Waals surface area contributed by atoms with Gasteiger partial charge in [0, 0.05) is 12.5 Å². The number of amides is 2. The lowest BCUT2D eigenvalue weighted by Crippen LogP contribution is -2.43. The van der Waals surface area contributed by atoms with Gasteiger partial charge in [-0.05, 0) is 64.2 Å². The molecule has 2 amide bonds. The van der Waals surface area contributed by atoms with Crippen molar-refractivity contribution < 1.29 is 38.4 Å². The number of nitrogens with zero attached hydrogens (tertiary/aromatic N) is 1. The maximum Gasteiger partial charge on any atom is 0.419 e. The molecule has 1 atom stereocenters. The minimum atomic E-state index is -1.07. The molecule has 1 fully saturated rings. The second kappa shape index (κ2) is 11.1. The third-order valence-corrected chi connectivity index (χ3v) is 5.09. The molecule has 1 aromatic carbocycles. The number of aliphatic carboxylic acids is 1. The molecule has 1 aliphatic rings. The van der Waals surface area contributed by atoms with Gasteiger partial charge in [-0.3, -0.25) is 4.79 Å². The van der Waals surface area contributed by atoms with Gasteiger partial charge >= 0.3 is 18.2 Å². The van der Waals surface area contributed by atoms with Crippen molar-refractivity contribution in [2.45, 2.75) is 70.5 Å². The molecule has 1 saturated carbocycles. The van der Waals surface area contributed by atoms with Crippen molar-refractivity contribution >= 4 is 18.2 Å². The molecule has 0 spiro atoms. The molecule has 0 bridgehead atoms. The minimum absolute atomic E-state index is 0.0744. The van der Waals surface area contributed by atoms with Crippen molar-refractivity contribution in [1.82, 2.24) is 4.90 Å². The normalized spacial score (nSPS) is 15.0. The number of rotatable bonds is 8. The van der Waals surface area contributed by atoms with Crippen LogP contribution in [0.1, 0.15) is 64.4 Å². The lowest BCUT2D eigenvalue weighted by Gasteiger charge is -2.28. The zero-order valence-corrected chi connectivity index (χ0v) is 19.4. The Morgan fingerprint density at radius 2 is 1.75 bits per heavy atom. The molecule has 9 nitrogen and oxygen atoms in total. The summed E-state index contributed by atoms with van der Waals surface area (Å²) in [6.45, 7) is 4.78. The second-order valence-corrected chi connectivity index (χ2v) is 8.79. The van der Waals surface area contributed by atoms with Gasteiger partial charge in [-0.25, -0.2) is 14.5 Å². The Kier molecular flexibility index (Phi) is 8.74. The summed E-state index contributed by atoms with van der Waals surface area (Å²) in [4.78, 5) is 37.3. The number of imide groups is 1. The van der Waals surface area contributed by atoms with Crippen LogP contribution in [0.4, 0.5) is 9.59 Å². The number of benzene rings is 1. The first kappa shape index (κ1) is 25.3. The van der Waals surface area contributed by atoms with Gasteiger partial charge in [-0.1, -0.05) is 6.07 Å². The van der Waals surface area contributed by atoms with Crippen molar-refractivity contribution in [3.8, 4) is 11.5 Å². The van der Waals surface area contributed by atoms with Gasteiger partial charge in [0.15, 0.2) is 11.5 Å². The van der Waals surface area contributed by atoms with Gasteiger partial charge in [-0.2, -0.15) is 0 Å². The van der Waals surface area contributed by atoms with Crippen LogP contribution >= 0.6 is 0 Å². The quantitative estimate of drug-likeness (QED) is 0.611. The SMILES string of the molecule is COC(=O)N(CC(CC(=O)O)c1ccc(OC)c(OC2CCCC2)c1)C(=O)OC(C)(C)C. The molecule has 0 aromatic heterocycles. The van der Waals surface area contributed by atoms with Crippen LogP contribution in [0.15, 0.2) is 18.2 Å². The summed E-state index contributed by atoms with van der Waals surface area (Å²) in [5.74, 6) is -0.741. The van der Waals surface area contributed by atoms with E-state index in [9.17, 15) is 19.5 Å². The zero-order valence-electron chi connectivity index (χ0n) is 19.4. The molecule has 1 aromatic rings. The molecule has 32 heavy (non-hydrogen) atoms. The van der Waals surface area contributed by atoms with Crippen molar-refractivity contribution in [2.75, 3.05) is 20.8 Å². The van der Waals surface area contributed by atoms with Crippen molar-refractivity contribution in [1.29, 1.82) is 0 Å². The summed E-state index contributed by atoms with van der Waals surface area (Å²) in [5, 5.41) is 9.47. The fourth-order valence-electron chi connectivity index (χ4n) is 3.59. The van der Waals surface area contributed by atoms with Crippen LogP contribution < -0.4 is 9.47 Å². The monoisotopic (exact) mass is 451 g/mol. The van der Waals surface area contributed by atoms with Gasteiger partial charge < -0.3 is 24.1 Å². The first-order valence-electron chi connectivity index (χ1n) is 10.7. The van der Waals surface area contributed by atoms with E-state index in [1.165, 1.54) is 7.11 Å². The zero-order chi connectivity index (χ0) is 23.9. The Hall–Kier alpha value is -2.97. The number of carboxylic acid groups (broad SMARTS) is 1. The average molecular weight is 452 g/mol. The number of carbonyl (C=O) groups is 3. The van der Waals surface area contributed by atoms with E-state index in [2.05, 4.69) is 0 Å². The van der Waals surface area contributed by atoms with E-state index in [4.69, 9.17) is 18.9 Å². The van der Waals surface area contributed by atoms with Crippen LogP contribution in [0.25, 0.3) is 0 Å². The molecule has 1 N–H and O–H groups in total. The van der Waals surface area contributed by atoms with Crippen LogP contribution in [-0.4, -0.2) is 60.6 Å². The van der Waals surface area contributed by atoms with E-state index < -0.39 is 29.7 Å². The molecule has 0 aliphatic heterocycles. The number of ether oxygens (including phenoxy) is 4. The maximum atomic E-state index is 12.6. The van der Waals surface area contributed by atoms with Crippen molar-refractivity contribution in [3.63, 3.8) is 0 Å². The second-order valence-electron chi connectivity index (χ2n) is 8.79. The predicted octanol–water partition coefficient (Wildman–Crippen LogP) is 4.58. The summed E-state index contributed by atoms with van der Waals surface area (Å²) < 4.78 is 21.6. The number of carboxylic acids is 1. The summed E-state index contributed by atoms with van der Waals surface area (Å²) >= 11 is 0. The highest BCUT2D eigenvalue weighted by molar-refractivity contribution is 5.88. The predicted molar refractivity (Wildman–Crippen MR) is 116 cm³/mol. The fourth-order valence-corrected chi connectivity index (χ4v) is 3.59. The van der Waals surface area contributed by atoms with Crippen LogP contribution in [0, 0.1) is 0 Å². The Bertz CT molecular complexity index is 811. The topological polar surface area (TPSA) is 112 Å². The lowest BCUT2D eigenvalue weighted by molar-refractivity contribution is -0.137. The minimum Gasteiger partial charge on any atom is -0.493 e. The molecule has 1 unspecified atom stereocenters. The largest absolute Gasteiger partial charge is 0.493 e. The van der Waals surface area contributed by atoms with Gasteiger partial charge in [0.25, 0.3) is 0 Å². The fraction of sp³-hybridized carbons (Fsp3) is 0.609. The van der Waals surface area contributed by atoms with Crippen LogP contribution in [-0.2, 0) is 14.3 Å². The van der Waals surface area contributed by atoms with Crippen molar-refractivity contribution in [3.05, 3.63) is 23.8 Å². The number of carbonyl (C=O) groups excluding carboxylic acids is 2. The molecular formula is C23H33NO8. The highest BCUT2D eigenvalue weighted by atomic mass is 16.6. The lowest BCUT2D eigenvalue weighted by atomic mass is 9.94. The maximum absolute atomic E-state index is 12.6. The Morgan fingerprint density at radius 3 is 2.28 bits per heavy atom. The van der Waals surface area contributed by atoms with Crippen molar-refractivity contribution in [2.24, 2.45) is 0 Å². The molecule has 0 radical (unpaired) electrons. The number of hydrogen-bond acceptors (Lipinski definition) is 7. The molecule has 9 heteroatoms. The summed E-state index contributed by atoms with van der Waals surface area (Å²) in [6.07, 6.45) is 2.01. The molecule has 178 valence electrons. The smallest absolute Gasteiger partial charge is 0.419 e. The van der Waals surface area contributed by atoms with E-state index in [0.29, 0.717) is 17.1 Å². The van der Waals surface area contributed by atoms with Gasteiger partial charge in [0.2, 0.25) is 0 Å². The van der Waals surface area contributed by atoms with Gasteiger partial charge in [0.05, 0.1) is 26.7 Å². The molecule has 0 saturated heterocycles. The van der Waals surface area contributed by atoms with Gasteiger partial charge in [0.1, 0.15) is 5.60 Å². The third-order valence-electron chi connectivity index (χ3n) is 5.09. The van der Waals surface area contributed by atoms with E-state index in [0.717, 1.165) is 37.7 Å². The van der Waals surface area contributed by atoms with Crippen LogP contribution in [0.5, 0.6) is 11.5 Å². The Labute approximate surface area is 188 Å². The first-order valence-corrected chi connectivity index (χ1v) is 10.7.